The summed E-state index contributed by atoms with van der Waals surface area (Å²) in [6.07, 6.45) is 0. The first-order valence-electron chi connectivity index (χ1n) is 15.6. The Morgan fingerprint density at radius 1 is 0.413 bits per heavy atom. The van der Waals surface area contributed by atoms with Gasteiger partial charge in [-0.2, -0.15) is 0 Å². The topological polar surface area (TPSA) is 38.7 Å². The molecule has 0 saturated heterocycles. The predicted molar refractivity (Wildman–Crippen MR) is 192 cm³/mol. The molecular formula is C42H29N3S. The Morgan fingerprint density at radius 2 is 0.978 bits per heavy atom. The zero-order chi connectivity index (χ0) is 30.8. The average molecular weight is 608 g/mol. The van der Waals surface area contributed by atoms with Crippen LogP contribution in [0, 0.1) is 0 Å². The molecule has 218 valence electrons. The van der Waals surface area contributed by atoms with Gasteiger partial charge in [0, 0.05) is 42.3 Å². The summed E-state index contributed by atoms with van der Waals surface area (Å²) in [7, 11) is 0. The van der Waals surface area contributed by atoms with Crippen molar-refractivity contribution in [2.45, 2.75) is 19.3 Å². The predicted octanol–water partition coefficient (Wildman–Crippen LogP) is 11.2. The number of aromatic nitrogens is 3. The standard InChI is InChI=1S/C42H29N3S/c1-42(2)35-19-10-9-18-31(35)32-25-38-34(24-36(32)42)33-23-29(20-21-37(33)46-38)28-16-11-17-30(22-28)41-44-39(26-12-5-3-6-13-26)43-40(45-41)27-14-7-4-8-15-27/h3-25H,1-2H3. The lowest BCUT2D eigenvalue weighted by atomic mass is 9.82. The van der Waals surface area contributed by atoms with E-state index in [1.165, 1.54) is 48.0 Å². The van der Waals surface area contributed by atoms with Gasteiger partial charge in [-0.25, -0.2) is 15.0 Å². The van der Waals surface area contributed by atoms with Crippen LogP contribution in [0.1, 0.15) is 25.0 Å². The Labute approximate surface area is 271 Å². The molecule has 0 saturated carbocycles. The molecule has 0 atom stereocenters. The van der Waals surface area contributed by atoms with Gasteiger partial charge in [-0.05, 0) is 63.7 Å². The fourth-order valence-corrected chi connectivity index (χ4v) is 8.03. The molecule has 0 aliphatic heterocycles. The summed E-state index contributed by atoms with van der Waals surface area (Å²) in [5.41, 5.74) is 10.7. The van der Waals surface area contributed by atoms with E-state index in [0.29, 0.717) is 17.5 Å². The highest BCUT2D eigenvalue weighted by atomic mass is 32.1. The van der Waals surface area contributed by atoms with Crippen LogP contribution < -0.4 is 0 Å². The smallest absolute Gasteiger partial charge is 0.164 e. The molecule has 46 heavy (non-hydrogen) atoms. The lowest BCUT2D eigenvalue weighted by Gasteiger charge is -2.21. The van der Waals surface area contributed by atoms with Crippen LogP contribution in [0.15, 0.2) is 140 Å². The minimum absolute atomic E-state index is 0.0257. The quantitative estimate of drug-likeness (QED) is 0.200. The fourth-order valence-electron chi connectivity index (χ4n) is 6.93. The minimum Gasteiger partial charge on any atom is -0.208 e. The largest absolute Gasteiger partial charge is 0.208 e. The number of rotatable bonds is 4. The van der Waals surface area contributed by atoms with Crippen LogP contribution in [0.5, 0.6) is 0 Å². The highest BCUT2D eigenvalue weighted by molar-refractivity contribution is 7.25. The molecule has 2 heterocycles. The Bertz CT molecular complexity index is 2380. The highest BCUT2D eigenvalue weighted by Crippen LogP contribution is 2.51. The lowest BCUT2D eigenvalue weighted by molar-refractivity contribution is 0.661. The van der Waals surface area contributed by atoms with Crippen molar-refractivity contribution in [1.29, 1.82) is 0 Å². The molecular weight excluding hydrogens is 579 g/mol. The molecule has 0 unspecified atom stereocenters. The van der Waals surface area contributed by atoms with Crippen LogP contribution >= 0.6 is 11.3 Å². The van der Waals surface area contributed by atoms with Gasteiger partial charge in [0.05, 0.1) is 0 Å². The third-order valence-corrected chi connectivity index (χ3v) is 10.5. The molecule has 1 aliphatic carbocycles. The summed E-state index contributed by atoms with van der Waals surface area (Å²) in [6.45, 7) is 4.70. The van der Waals surface area contributed by atoms with Gasteiger partial charge in [-0.1, -0.05) is 123 Å². The first-order valence-corrected chi connectivity index (χ1v) is 16.4. The minimum atomic E-state index is -0.0257. The van der Waals surface area contributed by atoms with Crippen LogP contribution in [0.2, 0.25) is 0 Å². The summed E-state index contributed by atoms with van der Waals surface area (Å²) in [6, 6.07) is 49.4. The van der Waals surface area contributed by atoms with Crippen molar-refractivity contribution in [2.24, 2.45) is 0 Å². The lowest BCUT2D eigenvalue weighted by Crippen LogP contribution is -2.14. The summed E-state index contributed by atoms with van der Waals surface area (Å²) in [5.74, 6) is 1.99. The average Bonchev–Trinajstić information content (AvgIpc) is 3.59. The number of hydrogen-bond donors (Lipinski definition) is 0. The zero-order valence-electron chi connectivity index (χ0n) is 25.5. The normalized spacial score (nSPS) is 13.2. The van der Waals surface area contributed by atoms with Gasteiger partial charge >= 0.3 is 0 Å². The Balaban J connectivity index is 1.16. The molecule has 0 fully saturated rings. The van der Waals surface area contributed by atoms with E-state index in [1.54, 1.807) is 0 Å². The number of hydrogen-bond acceptors (Lipinski definition) is 4. The van der Waals surface area contributed by atoms with Crippen molar-refractivity contribution in [1.82, 2.24) is 15.0 Å². The SMILES string of the molecule is CC1(C)c2ccccc2-c2cc3sc4ccc(-c5cccc(-c6nc(-c7ccccc7)nc(-c7ccccc7)n6)c5)cc4c3cc21. The molecule has 1 aliphatic rings. The third kappa shape index (κ3) is 4.29. The van der Waals surface area contributed by atoms with Gasteiger partial charge in [0.25, 0.3) is 0 Å². The van der Waals surface area contributed by atoms with Gasteiger partial charge < -0.3 is 0 Å². The van der Waals surface area contributed by atoms with Gasteiger partial charge in [-0.3, -0.25) is 0 Å². The Kier molecular flexibility index (Phi) is 6.02. The van der Waals surface area contributed by atoms with Crippen LogP contribution in [0.4, 0.5) is 0 Å². The second-order valence-electron chi connectivity index (χ2n) is 12.5. The van der Waals surface area contributed by atoms with Gasteiger partial charge in [-0.15, -0.1) is 11.3 Å². The van der Waals surface area contributed by atoms with Crippen molar-refractivity contribution >= 4 is 31.5 Å². The molecule has 2 aromatic heterocycles. The van der Waals surface area contributed by atoms with E-state index in [-0.39, 0.29) is 5.41 Å². The van der Waals surface area contributed by atoms with Crippen LogP contribution in [0.25, 0.3) is 76.6 Å². The first-order chi connectivity index (χ1) is 22.5. The summed E-state index contributed by atoms with van der Waals surface area (Å²) in [5, 5.41) is 2.63. The van der Waals surface area contributed by atoms with Gasteiger partial charge in [0.15, 0.2) is 17.5 Å². The van der Waals surface area contributed by atoms with Crippen molar-refractivity contribution in [3.05, 3.63) is 151 Å². The molecule has 0 N–H and O–H groups in total. The maximum atomic E-state index is 4.96. The zero-order valence-corrected chi connectivity index (χ0v) is 26.3. The fraction of sp³-hybridized carbons (Fsp3) is 0.0714. The van der Waals surface area contributed by atoms with Crippen molar-refractivity contribution in [3.8, 4) is 56.4 Å². The van der Waals surface area contributed by atoms with Crippen LogP contribution in [-0.4, -0.2) is 15.0 Å². The van der Waals surface area contributed by atoms with E-state index in [2.05, 4.69) is 92.7 Å². The molecule has 9 rings (SSSR count). The van der Waals surface area contributed by atoms with E-state index in [4.69, 9.17) is 15.0 Å². The maximum absolute atomic E-state index is 4.96. The van der Waals surface area contributed by atoms with Crippen molar-refractivity contribution < 1.29 is 0 Å². The van der Waals surface area contributed by atoms with E-state index < -0.39 is 0 Å². The molecule has 0 radical (unpaired) electrons. The molecule has 3 nitrogen and oxygen atoms in total. The van der Waals surface area contributed by atoms with E-state index in [1.807, 2.05) is 72.0 Å². The van der Waals surface area contributed by atoms with Crippen LogP contribution in [-0.2, 0) is 5.41 Å². The number of nitrogens with zero attached hydrogens (tertiary/aromatic N) is 3. The second-order valence-corrected chi connectivity index (χ2v) is 13.6. The Morgan fingerprint density at radius 3 is 1.70 bits per heavy atom. The monoisotopic (exact) mass is 607 g/mol. The molecule has 8 aromatic rings. The van der Waals surface area contributed by atoms with Gasteiger partial charge in [0.2, 0.25) is 0 Å². The van der Waals surface area contributed by atoms with Crippen molar-refractivity contribution in [2.75, 3.05) is 0 Å². The summed E-state index contributed by atoms with van der Waals surface area (Å²) >= 11 is 1.88. The van der Waals surface area contributed by atoms with E-state index >= 15 is 0 Å². The summed E-state index contributed by atoms with van der Waals surface area (Å²) in [4.78, 5) is 14.8. The second kappa shape index (κ2) is 10.3. The third-order valence-electron chi connectivity index (χ3n) is 9.33. The van der Waals surface area contributed by atoms with Gasteiger partial charge in [0.1, 0.15) is 0 Å². The number of benzene rings is 6. The first kappa shape index (κ1) is 26.9. The molecule has 0 amide bonds. The maximum Gasteiger partial charge on any atom is 0.164 e. The molecule has 6 aromatic carbocycles. The molecule has 0 bridgehead atoms. The molecule has 0 spiro atoms. The van der Waals surface area contributed by atoms with Crippen LogP contribution in [0.3, 0.4) is 0 Å². The number of thiophene rings is 1. The molecule has 4 heteroatoms. The number of fused-ring (bicyclic) bond motifs is 6. The van der Waals surface area contributed by atoms with Crippen molar-refractivity contribution in [3.63, 3.8) is 0 Å². The Hall–Kier alpha value is -5.45. The summed E-state index contributed by atoms with van der Waals surface area (Å²) < 4.78 is 2.64. The van der Waals surface area contributed by atoms with E-state index in [9.17, 15) is 0 Å². The van der Waals surface area contributed by atoms with E-state index in [0.717, 1.165) is 22.3 Å². The highest BCUT2D eigenvalue weighted by Gasteiger charge is 2.35.